The predicted octanol–water partition coefficient (Wildman–Crippen LogP) is 7.55. The van der Waals surface area contributed by atoms with Crippen molar-refractivity contribution in [1.29, 1.82) is 0 Å². The third-order valence-electron chi connectivity index (χ3n) is 6.69. The monoisotopic (exact) mass is 578 g/mol. The number of amides is 1. The number of nitrogens with one attached hydrogen (secondary N) is 1. The molecule has 0 aliphatic heterocycles. The number of rotatable bonds is 10. The highest BCUT2D eigenvalue weighted by Gasteiger charge is 2.19. The fourth-order valence-corrected chi connectivity index (χ4v) is 5.09. The molecule has 0 saturated carbocycles. The van der Waals surface area contributed by atoms with Crippen molar-refractivity contribution >= 4 is 23.4 Å². The maximum absolute atomic E-state index is 12.9. The second-order valence-electron chi connectivity index (χ2n) is 10.8. The second kappa shape index (κ2) is 13.0. The molecule has 0 spiro atoms. The van der Waals surface area contributed by atoms with Crippen molar-refractivity contribution in [2.45, 2.75) is 37.9 Å². The van der Waals surface area contributed by atoms with Crippen molar-refractivity contribution in [3.05, 3.63) is 114 Å². The topological polar surface area (TPSA) is 78.3 Å². The van der Waals surface area contributed by atoms with Crippen molar-refractivity contribution in [3.63, 3.8) is 0 Å². The zero-order valence-electron chi connectivity index (χ0n) is 24.2. The lowest BCUT2D eigenvalue weighted by atomic mass is 9.87. The number of anilines is 1. The van der Waals surface area contributed by atoms with Gasteiger partial charge in [0.05, 0.1) is 12.9 Å². The van der Waals surface area contributed by atoms with E-state index in [4.69, 9.17) is 9.47 Å². The van der Waals surface area contributed by atoms with Crippen molar-refractivity contribution in [1.82, 2.24) is 14.8 Å². The van der Waals surface area contributed by atoms with Crippen LogP contribution in [0.5, 0.6) is 11.5 Å². The number of hydrogen-bond acceptors (Lipinski definition) is 6. The summed E-state index contributed by atoms with van der Waals surface area (Å²) in [5.41, 5.74) is 4.90. The van der Waals surface area contributed by atoms with E-state index in [1.807, 2.05) is 83.4 Å². The summed E-state index contributed by atoms with van der Waals surface area (Å²) in [4.78, 5) is 12.9. The highest BCUT2D eigenvalue weighted by atomic mass is 32.2. The first-order valence-corrected chi connectivity index (χ1v) is 14.7. The van der Waals surface area contributed by atoms with E-state index in [0.29, 0.717) is 23.3 Å². The average Bonchev–Trinajstić information content (AvgIpc) is 3.44. The number of carbonyl (C=O) groups is 1. The summed E-state index contributed by atoms with van der Waals surface area (Å²) in [5, 5.41) is 12.6. The predicted molar refractivity (Wildman–Crippen MR) is 169 cm³/mol. The largest absolute Gasteiger partial charge is 0.497 e. The van der Waals surface area contributed by atoms with E-state index >= 15 is 0 Å². The summed E-state index contributed by atoms with van der Waals surface area (Å²) < 4.78 is 13.2. The van der Waals surface area contributed by atoms with Gasteiger partial charge in [-0.25, -0.2) is 0 Å². The van der Waals surface area contributed by atoms with E-state index in [1.165, 1.54) is 17.3 Å². The van der Waals surface area contributed by atoms with Gasteiger partial charge < -0.3 is 14.8 Å². The van der Waals surface area contributed by atoms with Gasteiger partial charge in [-0.15, -0.1) is 10.2 Å². The minimum absolute atomic E-state index is 0.0477. The molecular weight excluding hydrogens is 544 g/mol. The lowest BCUT2D eigenvalue weighted by Crippen LogP contribution is -2.14. The summed E-state index contributed by atoms with van der Waals surface area (Å²) in [5.74, 6) is 2.23. The third kappa shape index (κ3) is 7.19. The van der Waals surface area contributed by atoms with Gasteiger partial charge in [0.25, 0.3) is 0 Å². The molecule has 5 rings (SSSR count). The summed E-state index contributed by atoms with van der Waals surface area (Å²) in [6, 6.07) is 33.5. The van der Waals surface area contributed by atoms with Crippen LogP contribution >= 0.6 is 11.8 Å². The normalized spacial score (nSPS) is 11.2. The Balaban J connectivity index is 1.28. The second-order valence-corrected chi connectivity index (χ2v) is 11.7. The fraction of sp³-hybridized carbons (Fsp3) is 0.206. The summed E-state index contributed by atoms with van der Waals surface area (Å²) >= 11 is 1.33. The van der Waals surface area contributed by atoms with Crippen LogP contribution in [0.25, 0.3) is 17.1 Å². The number of carbonyl (C=O) groups excluding carboxylic acids is 1. The molecule has 0 aliphatic carbocycles. The maximum Gasteiger partial charge on any atom is 0.234 e. The smallest absolute Gasteiger partial charge is 0.234 e. The quantitative estimate of drug-likeness (QED) is 0.172. The molecule has 1 aromatic heterocycles. The molecule has 5 aromatic rings. The zero-order valence-corrected chi connectivity index (χ0v) is 25.0. The standard InChI is InChI=1S/C34H34N4O3S/c1-34(2,3)26-12-10-25(11-13-26)32-36-37-33(38(32)28-16-20-29(40-4)21-17-28)42-23-31(39)35-27-14-18-30(19-15-27)41-22-24-8-6-5-7-9-24/h5-21H,22-23H2,1-4H3,(H,35,39). The van der Waals surface area contributed by atoms with Gasteiger partial charge in [-0.2, -0.15) is 0 Å². The highest BCUT2D eigenvalue weighted by Crippen LogP contribution is 2.31. The van der Waals surface area contributed by atoms with Crippen LogP contribution in [0.15, 0.2) is 108 Å². The number of benzene rings is 4. The van der Waals surface area contributed by atoms with Crippen LogP contribution in [0.3, 0.4) is 0 Å². The number of methoxy groups -OCH3 is 1. The minimum Gasteiger partial charge on any atom is -0.497 e. The Morgan fingerprint density at radius 3 is 2.14 bits per heavy atom. The van der Waals surface area contributed by atoms with Gasteiger partial charge in [0.1, 0.15) is 18.1 Å². The van der Waals surface area contributed by atoms with Gasteiger partial charge in [0.15, 0.2) is 11.0 Å². The Morgan fingerprint density at radius 1 is 0.833 bits per heavy atom. The van der Waals surface area contributed by atoms with Crippen LogP contribution in [0.4, 0.5) is 5.69 Å². The number of aromatic nitrogens is 3. The lowest BCUT2D eigenvalue weighted by Gasteiger charge is -2.19. The molecule has 214 valence electrons. The molecule has 1 amide bonds. The lowest BCUT2D eigenvalue weighted by molar-refractivity contribution is -0.113. The van der Waals surface area contributed by atoms with Crippen LogP contribution in [0.1, 0.15) is 31.9 Å². The minimum atomic E-state index is -0.140. The SMILES string of the molecule is COc1ccc(-n2c(SCC(=O)Nc3ccc(OCc4ccccc4)cc3)nnc2-c2ccc(C(C)(C)C)cc2)cc1. The highest BCUT2D eigenvalue weighted by molar-refractivity contribution is 7.99. The summed E-state index contributed by atoms with van der Waals surface area (Å²) in [6.07, 6.45) is 0. The van der Waals surface area contributed by atoms with E-state index in [0.717, 1.165) is 28.3 Å². The third-order valence-corrected chi connectivity index (χ3v) is 7.62. The molecule has 0 bridgehead atoms. The van der Waals surface area contributed by atoms with Crippen molar-refractivity contribution in [2.24, 2.45) is 0 Å². The Bertz CT molecular complexity index is 1610. The van der Waals surface area contributed by atoms with Gasteiger partial charge in [-0.1, -0.05) is 87.1 Å². The molecule has 42 heavy (non-hydrogen) atoms. The van der Waals surface area contributed by atoms with E-state index < -0.39 is 0 Å². The van der Waals surface area contributed by atoms with Crippen LogP contribution in [0, 0.1) is 0 Å². The number of ether oxygens (including phenoxy) is 2. The zero-order chi connectivity index (χ0) is 29.5. The molecule has 8 heteroatoms. The van der Waals surface area contributed by atoms with Crippen molar-refractivity contribution in [3.8, 4) is 28.6 Å². The first-order chi connectivity index (χ1) is 20.3. The summed E-state index contributed by atoms with van der Waals surface area (Å²) in [7, 11) is 1.64. The molecule has 0 unspecified atom stereocenters. The van der Waals surface area contributed by atoms with Gasteiger partial charge in [-0.05, 0) is 65.1 Å². The van der Waals surface area contributed by atoms with Gasteiger partial charge in [-0.3, -0.25) is 9.36 Å². The molecule has 0 aliphatic rings. The van der Waals surface area contributed by atoms with E-state index in [-0.39, 0.29) is 17.1 Å². The first-order valence-electron chi connectivity index (χ1n) is 13.7. The maximum atomic E-state index is 12.9. The molecule has 0 saturated heterocycles. The first kappa shape index (κ1) is 29.0. The fourth-order valence-electron chi connectivity index (χ4n) is 4.34. The molecule has 1 heterocycles. The molecule has 7 nitrogen and oxygen atoms in total. The summed E-state index contributed by atoms with van der Waals surface area (Å²) in [6.45, 7) is 7.06. The molecule has 0 atom stereocenters. The Morgan fingerprint density at radius 2 is 1.50 bits per heavy atom. The van der Waals surface area contributed by atoms with Gasteiger partial charge in [0, 0.05) is 16.9 Å². The number of nitrogens with zero attached hydrogens (tertiary/aromatic N) is 3. The van der Waals surface area contributed by atoms with Crippen LogP contribution in [-0.2, 0) is 16.8 Å². The van der Waals surface area contributed by atoms with Crippen molar-refractivity contribution < 1.29 is 14.3 Å². The molecule has 0 fully saturated rings. The number of hydrogen-bond donors (Lipinski definition) is 1. The van der Waals surface area contributed by atoms with Crippen LogP contribution in [-0.4, -0.2) is 33.5 Å². The Hall–Kier alpha value is -4.56. The van der Waals surface area contributed by atoms with E-state index in [9.17, 15) is 4.79 Å². The Kier molecular flexibility index (Phi) is 8.93. The molecule has 4 aromatic carbocycles. The van der Waals surface area contributed by atoms with Gasteiger partial charge >= 0.3 is 0 Å². The van der Waals surface area contributed by atoms with E-state index in [1.54, 1.807) is 7.11 Å². The van der Waals surface area contributed by atoms with Crippen molar-refractivity contribution in [2.75, 3.05) is 18.2 Å². The van der Waals surface area contributed by atoms with Gasteiger partial charge in [0.2, 0.25) is 5.91 Å². The van der Waals surface area contributed by atoms with Crippen LogP contribution in [0.2, 0.25) is 0 Å². The Labute approximate surface area is 250 Å². The number of thioether (sulfide) groups is 1. The van der Waals surface area contributed by atoms with Crippen LogP contribution < -0.4 is 14.8 Å². The van der Waals surface area contributed by atoms with E-state index in [2.05, 4.69) is 60.6 Å². The molecule has 0 radical (unpaired) electrons. The molecule has 1 N–H and O–H groups in total. The molecular formula is C34H34N4O3S. The average molecular weight is 579 g/mol.